The van der Waals surface area contributed by atoms with Gasteiger partial charge in [-0.3, -0.25) is 9.69 Å². The van der Waals surface area contributed by atoms with Crippen LogP contribution in [0, 0.1) is 0 Å². The number of nitrogens with zero attached hydrogens (tertiary/aromatic N) is 2. The van der Waals surface area contributed by atoms with Crippen LogP contribution in [0.25, 0.3) is 0 Å². The van der Waals surface area contributed by atoms with Crippen molar-refractivity contribution in [3.05, 3.63) is 54.3 Å². The average Bonchev–Trinajstić information content (AvgIpc) is 2.53. The second-order valence-corrected chi connectivity index (χ2v) is 8.16. The number of carbonyl (C=O) groups excluding carboxylic acids is 1. The summed E-state index contributed by atoms with van der Waals surface area (Å²) in [6.07, 6.45) is 8.20. The number of halogens is 1. The normalized spacial score (nSPS) is 27.2. The van der Waals surface area contributed by atoms with Crippen molar-refractivity contribution >= 4 is 44.5 Å². The molecule has 0 spiro atoms. The highest BCUT2D eigenvalue weighted by atomic mass is 79.9. The first-order chi connectivity index (χ1) is 10.6. The van der Waals surface area contributed by atoms with Crippen molar-refractivity contribution in [2.45, 2.75) is 24.1 Å². The van der Waals surface area contributed by atoms with Crippen LogP contribution in [0.4, 0.5) is 5.69 Å². The lowest BCUT2D eigenvalue weighted by Gasteiger charge is -2.37. The Hall–Kier alpha value is -1.33. The van der Waals surface area contributed by atoms with Crippen LogP contribution < -0.4 is 0 Å². The number of hydrogen-bond acceptors (Lipinski definition) is 3. The minimum Gasteiger partial charge on any atom is -0.272 e. The van der Waals surface area contributed by atoms with Crippen molar-refractivity contribution < 1.29 is 4.79 Å². The molecule has 1 fully saturated rings. The molecule has 1 heterocycles. The highest BCUT2D eigenvalue weighted by Crippen LogP contribution is 2.36. The fourth-order valence-electron chi connectivity index (χ4n) is 2.33. The zero-order chi connectivity index (χ0) is 15.6. The van der Waals surface area contributed by atoms with Crippen molar-refractivity contribution in [1.82, 2.24) is 4.90 Å². The van der Waals surface area contributed by atoms with Gasteiger partial charge in [0.05, 0.1) is 5.69 Å². The second kappa shape index (κ2) is 6.42. The summed E-state index contributed by atoms with van der Waals surface area (Å²) in [7, 11) is 0. The molecule has 2 aliphatic rings. The summed E-state index contributed by atoms with van der Waals surface area (Å²) in [4.78, 5) is 19.3. The van der Waals surface area contributed by atoms with E-state index in [4.69, 9.17) is 0 Å². The Morgan fingerprint density at radius 1 is 1.27 bits per heavy atom. The summed E-state index contributed by atoms with van der Waals surface area (Å²) in [5.41, 5.74) is 1.78. The second-order valence-electron chi connectivity index (χ2n) is 5.47. The largest absolute Gasteiger partial charge is 0.272 e. The summed E-state index contributed by atoms with van der Waals surface area (Å²) in [6.45, 7) is 1.92. The molecule has 1 saturated heterocycles. The molecule has 3 rings (SSSR count). The molecule has 1 amide bonds. The minimum absolute atomic E-state index is 0.0405. The monoisotopic (exact) mass is 376 g/mol. The number of thioether (sulfide) groups is 1. The molecule has 0 radical (unpaired) electrons. The third kappa shape index (κ3) is 3.20. The molecule has 22 heavy (non-hydrogen) atoms. The number of amides is 1. The quantitative estimate of drug-likeness (QED) is 0.704. The van der Waals surface area contributed by atoms with Crippen LogP contribution in [0.1, 0.15) is 19.8 Å². The minimum atomic E-state index is -0.556. The third-order valence-electron chi connectivity index (χ3n) is 3.53. The van der Waals surface area contributed by atoms with Crippen LogP contribution in [0.3, 0.4) is 0 Å². The molecular formula is C17H17BrN2OS. The van der Waals surface area contributed by atoms with Gasteiger partial charge in [-0.05, 0) is 38.0 Å². The molecule has 1 aliphatic heterocycles. The molecular weight excluding hydrogens is 360 g/mol. The highest BCUT2D eigenvalue weighted by Gasteiger charge is 2.42. The highest BCUT2D eigenvalue weighted by molar-refractivity contribution is 9.10. The maximum Gasteiger partial charge on any atom is 0.250 e. The Kier molecular flexibility index (Phi) is 4.54. The van der Waals surface area contributed by atoms with Gasteiger partial charge >= 0.3 is 0 Å². The van der Waals surface area contributed by atoms with E-state index >= 15 is 0 Å². The Morgan fingerprint density at radius 3 is 2.73 bits per heavy atom. The molecule has 0 N–H and O–H groups in total. The molecule has 0 saturated carbocycles. The van der Waals surface area contributed by atoms with Crippen LogP contribution >= 0.6 is 27.7 Å². The van der Waals surface area contributed by atoms with Crippen molar-refractivity contribution in [1.29, 1.82) is 0 Å². The molecule has 3 nitrogen and oxygen atoms in total. The number of rotatable bonds is 2. The van der Waals surface area contributed by atoms with Gasteiger partial charge in [-0.2, -0.15) is 0 Å². The SMILES string of the molecule is CC1(Br)CSC(=Nc2ccccc2)N(C2=CCCC=C2)C1=O. The first-order valence-electron chi connectivity index (χ1n) is 7.25. The van der Waals surface area contributed by atoms with Crippen molar-refractivity contribution in [2.24, 2.45) is 4.99 Å². The predicted molar refractivity (Wildman–Crippen MR) is 96.6 cm³/mol. The first-order valence-corrected chi connectivity index (χ1v) is 9.02. The summed E-state index contributed by atoms with van der Waals surface area (Å²) >= 11 is 5.16. The van der Waals surface area contributed by atoms with Gasteiger partial charge in [-0.25, -0.2) is 4.99 Å². The van der Waals surface area contributed by atoms with Gasteiger partial charge in [0.25, 0.3) is 5.91 Å². The van der Waals surface area contributed by atoms with E-state index in [1.54, 1.807) is 16.7 Å². The summed E-state index contributed by atoms with van der Waals surface area (Å²) < 4.78 is -0.556. The van der Waals surface area contributed by atoms with E-state index in [-0.39, 0.29) is 5.91 Å². The molecule has 1 aromatic rings. The summed E-state index contributed by atoms with van der Waals surface area (Å²) in [5.74, 6) is 0.712. The summed E-state index contributed by atoms with van der Waals surface area (Å²) in [5, 5.41) is 0.742. The molecule has 1 atom stereocenters. The number of para-hydroxylation sites is 1. The van der Waals surface area contributed by atoms with E-state index in [0.29, 0.717) is 5.75 Å². The average molecular weight is 377 g/mol. The number of allylic oxidation sites excluding steroid dienone is 3. The van der Waals surface area contributed by atoms with E-state index in [2.05, 4.69) is 33.1 Å². The standard InChI is InChI=1S/C17H17BrN2OS/c1-17(18)12-22-16(19-13-8-4-2-5-9-13)20(15(17)21)14-10-6-3-7-11-14/h2,4-6,8-11H,3,7,12H2,1H3. The van der Waals surface area contributed by atoms with Gasteiger partial charge in [0.15, 0.2) is 5.17 Å². The molecule has 1 aliphatic carbocycles. The molecule has 114 valence electrons. The maximum atomic E-state index is 12.9. The molecule has 5 heteroatoms. The number of amidine groups is 1. The van der Waals surface area contributed by atoms with Crippen molar-refractivity contribution in [3.63, 3.8) is 0 Å². The topological polar surface area (TPSA) is 32.7 Å². The van der Waals surface area contributed by atoms with Crippen LogP contribution in [0.15, 0.2) is 59.2 Å². The number of hydrogen-bond donors (Lipinski definition) is 0. The predicted octanol–water partition coefficient (Wildman–Crippen LogP) is 4.64. The lowest BCUT2D eigenvalue weighted by molar-refractivity contribution is -0.127. The van der Waals surface area contributed by atoms with Crippen LogP contribution in [-0.2, 0) is 4.79 Å². The number of benzene rings is 1. The van der Waals surface area contributed by atoms with Gasteiger partial charge in [0, 0.05) is 11.4 Å². The van der Waals surface area contributed by atoms with Gasteiger partial charge in [0.1, 0.15) is 4.32 Å². The van der Waals surface area contributed by atoms with Crippen LogP contribution in [0.2, 0.25) is 0 Å². The van der Waals surface area contributed by atoms with Crippen molar-refractivity contribution in [3.8, 4) is 0 Å². The smallest absolute Gasteiger partial charge is 0.250 e. The van der Waals surface area contributed by atoms with E-state index in [0.717, 1.165) is 29.4 Å². The fraction of sp³-hybridized carbons (Fsp3) is 0.294. The van der Waals surface area contributed by atoms with E-state index < -0.39 is 4.32 Å². The molecule has 0 aromatic heterocycles. The lowest BCUT2D eigenvalue weighted by Crippen LogP contribution is -2.50. The Morgan fingerprint density at radius 2 is 2.05 bits per heavy atom. The molecule has 1 aromatic carbocycles. The Balaban J connectivity index is 2.00. The Bertz CT molecular complexity index is 664. The third-order valence-corrected chi connectivity index (χ3v) is 5.77. The zero-order valence-electron chi connectivity index (χ0n) is 12.3. The van der Waals surface area contributed by atoms with E-state index in [1.165, 1.54) is 0 Å². The Labute approximate surface area is 143 Å². The number of aliphatic imine (C=N–C) groups is 1. The van der Waals surface area contributed by atoms with Crippen molar-refractivity contribution in [2.75, 3.05) is 5.75 Å². The number of alkyl halides is 1. The van der Waals surface area contributed by atoms with E-state index in [1.807, 2.05) is 43.3 Å². The lowest BCUT2D eigenvalue weighted by atomic mass is 10.1. The van der Waals surface area contributed by atoms with Crippen LogP contribution in [-0.4, -0.2) is 26.1 Å². The first kappa shape index (κ1) is 15.6. The van der Waals surface area contributed by atoms with Gasteiger partial charge in [0.2, 0.25) is 0 Å². The van der Waals surface area contributed by atoms with Crippen LogP contribution in [0.5, 0.6) is 0 Å². The van der Waals surface area contributed by atoms with Gasteiger partial charge < -0.3 is 0 Å². The number of carbonyl (C=O) groups is 1. The molecule has 0 bridgehead atoms. The zero-order valence-corrected chi connectivity index (χ0v) is 14.7. The fourth-order valence-corrected chi connectivity index (χ4v) is 3.87. The van der Waals surface area contributed by atoms with E-state index in [9.17, 15) is 4.79 Å². The van der Waals surface area contributed by atoms with Gasteiger partial charge in [-0.15, -0.1) is 0 Å². The summed E-state index contributed by atoms with van der Waals surface area (Å²) in [6, 6.07) is 9.76. The molecule has 1 unspecified atom stereocenters. The maximum absolute atomic E-state index is 12.9. The van der Waals surface area contributed by atoms with Gasteiger partial charge in [-0.1, -0.05) is 58.0 Å².